The predicted molar refractivity (Wildman–Crippen MR) is 132 cm³/mol. The third-order valence-electron chi connectivity index (χ3n) is 5.07. The van der Waals surface area contributed by atoms with Crippen molar-refractivity contribution in [3.8, 4) is 0 Å². The highest BCUT2D eigenvalue weighted by molar-refractivity contribution is 7.90. The molecule has 1 aliphatic heterocycles. The Kier molecular flexibility index (Phi) is 9.03. The quantitative estimate of drug-likeness (QED) is 0.465. The van der Waals surface area contributed by atoms with E-state index in [1.165, 1.54) is 12.1 Å². The van der Waals surface area contributed by atoms with Crippen LogP contribution < -0.4 is 15.4 Å². The average molecular weight is 487 g/mol. The van der Waals surface area contributed by atoms with Crippen molar-refractivity contribution < 1.29 is 22.7 Å². The Morgan fingerprint density at radius 2 is 1.82 bits per heavy atom. The number of hydrogen-bond acceptors (Lipinski definition) is 7. The second kappa shape index (κ2) is 12.2. The molecule has 1 amide bonds. The van der Waals surface area contributed by atoms with E-state index in [2.05, 4.69) is 20.3 Å². The van der Waals surface area contributed by atoms with Crippen LogP contribution in [0.2, 0.25) is 0 Å². The van der Waals surface area contributed by atoms with Crippen LogP contribution in [0.5, 0.6) is 0 Å². The summed E-state index contributed by atoms with van der Waals surface area (Å²) in [7, 11) is -3.79. The summed E-state index contributed by atoms with van der Waals surface area (Å²) in [5, 5.41) is 5.66. The molecule has 0 aliphatic carbocycles. The van der Waals surface area contributed by atoms with Crippen molar-refractivity contribution in [2.45, 2.75) is 43.9 Å². The third-order valence-corrected chi connectivity index (χ3v) is 6.44. The first-order chi connectivity index (χ1) is 16.4. The van der Waals surface area contributed by atoms with Gasteiger partial charge < -0.3 is 15.4 Å². The molecular weight excluding hydrogens is 456 g/mol. The van der Waals surface area contributed by atoms with Gasteiger partial charge in [-0.3, -0.25) is 14.5 Å². The lowest BCUT2D eigenvalue weighted by atomic mass is 10.2. The van der Waals surface area contributed by atoms with E-state index in [-0.39, 0.29) is 23.3 Å². The van der Waals surface area contributed by atoms with Crippen LogP contribution >= 0.6 is 0 Å². The molecule has 0 saturated heterocycles. The molecule has 0 radical (unpaired) electrons. The Hall–Kier alpha value is -3.40. The number of rotatable bonds is 9. The van der Waals surface area contributed by atoms with Gasteiger partial charge in [-0.2, -0.15) is 0 Å². The lowest BCUT2D eigenvalue weighted by Crippen LogP contribution is -2.30. The Morgan fingerprint density at radius 1 is 1.03 bits per heavy atom. The second-order valence-electron chi connectivity index (χ2n) is 7.89. The molecule has 34 heavy (non-hydrogen) atoms. The number of carbonyl (C=O) groups is 2. The number of benzene rings is 2. The zero-order chi connectivity index (χ0) is 24.4. The van der Waals surface area contributed by atoms with Crippen LogP contribution in [0, 0.1) is 0 Å². The number of amidine groups is 1. The van der Waals surface area contributed by atoms with E-state index in [1.807, 2.05) is 6.92 Å². The van der Waals surface area contributed by atoms with Crippen LogP contribution in [0.1, 0.15) is 49.4 Å². The minimum Gasteiger partial charge on any atom is -0.462 e. The summed E-state index contributed by atoms with van der Waals surface area (Å²) >= 11 is 0. The summed E-state index contributed by atoms with van der Waals surface area (Å²) in [6.45, 7) is 2.87. The van der Waals surface area contributed by atoms with Crippen molar-refractivity contribution in [3.63, 3.8) is 0 Å². The first-order valence-corrected chi connectivity index (χ1v) is 12.8. The van der Waals surface area contributed by atoms with Crippen molar-refractivity contribution in [1.82, 2.24) is 4.72 Å². The fourth-order valence-electron chi connectivity index (χ4n) is 3.30. The highest BCUT2D eigenvalue weighted by Crippen LogP contribution is 2.17. The van der Waals surface area contributed by atoms with E-state index in [0.29, 0.717) is 42.3 Å². The van der Waals surface area contributed by atoms with Crippen LogP contribution in [0.15, 0.2) is 58.4 Å². The Balaban J connectivity index is 1.54. The Labute approximate surface area is 200 Å². The molecule has 3 rings (SSSR count). The number of ether oxygens (including phenoxy) is 1. The van der Waals surface area contributed by atoms with Crippen molar-refractivity contribution in [1.29, 1.82) is 0 Å². The molecule has 2 aromatic carbocycles. The monoisotopic (exact) mass is 486 g/mol. The zero-order valence-corrected chi connectivity index (χ0v) is 20.0. The maximum atomic E-state index is 12.7. The number of nitrogens with zero attached hydrogens (tertiary/aromatic N) is 1. The van der Waals surface area contributed by atoms with Gasteiger partial charge in [0.05, 0.1) is 23.6 Å². The number of nitrogens with one attached hydrogen (secondary N) is 3. The molecule has 0 saturated carbocycles. The maximum absolute atomic E-state index is 12.7. The summed E-state index contributed by atoms with van der Waals surface area (Å²) in [5.74, 6) is -0.260. The molecule has 0 bridgehead atoms. The van der Waals surface area contributed by atoms with Gasteiger partial charge in [-0.1, -0.05) is 19.4 Å². The fraction of sp³-hybridized carbons (Fsp3) is 0.375. The highest BCUT2D eigenvalue weighted by atomic mass is 32.2. The molecule has 182 valence electrons. The van der Waals surface area contributed by atoms with Gasteiger partial charge in [-0.25, -0.2) is 13.2 Å². The number of carbonyl (C=O) groups excluding carboxylic acids is 2. The smallest absolute Gasteiger partial charge is 0.338 e. The summed E-state index contributed by atoms with van der Waals surface area (Å²) in [6.07, 6.45) is 4.23. The summed E-state index contributed by atoms with van der Waals surface area (Å²) < 4.78 is 33.1. The minimum absolute atomic E-state index is 0.0361. The summed E-state index contributed by atoms with van der Waals surface area (Å²) in [5.41, 5.74) is 1.46. The Morgan fingerprint density at radius 3 is 2.59 bits per heavy atom. The third kappa shape index (κ3) is 7.58. The van der Waals surface area contributed by atoms with Gasteiger partial charge in [0, 0.05) is 24.3 Å². The van der Waals surface area contributed by atoms with Crippen LogP contribution in [0.4, 0.5) is 11.4 Å². The van der Waals surface area contributed by atoms with Gasteiger partial charge in [-0.15, -0.1) is 0 Å². The second-order valence-corrected chi connectivity index (χ2v) is 9.57. The van der Waals surface area contributed by atoms with Gasteiger partial charge in [0.1, 0.15) is 5.84 Å². The molecular formula is C24H30N4O5S. The van der Waals surface area contributed by atoms with Crippen LogP contribution in [-0.4, -0.2) is 45.8 Å². The first kappa shape index (κ1) is 25.2. The molecule has 2 aromatic rings. The normalized spacial score (nSPS) is 13.9. The van der Waals surface area contributed by atoms with Crippen molar-refractivity contribution >= 4 is 39.1 Å². The van der Waals surface area contributed by atoms with Gasteiger partial charge in [0.25, 0.3) is 10.0 Å². The van der Waals surface area contributed by atoms with Crippen molar-refractivity contribution in [3.05, 3.63) is 54.1 Å². The molecule has 1 heterocycles. The SMILES string of the molecule is CCCOC(=O)c1ccc(NCC(=O)Nc2cccc(S(=O)(=O)NC3=NCCCCC3)c2)cc1. The van der Waals surface area contributed by atoms with Crippen molar-refractivity contribution in [2.24, 2.45) is 4.99 Å². The minimum atomic E-state index is -3.79. The number of amides is 1. The number of anilines is 2. The van der Waals surface area contributed by atoms with E-state index in [0.717, 1.165) is 25.7 Å². The van der Waals surface area contributed by atoms with E-state index < -0.39 is 10.0 Å². The van der Waals surface area contributed by atoms with Crippen LogP contribution in [0.25, 0.3) is 0 Å². The van der Waals surface area contributed by atoms with E-state index >= 15 is 0 Å². The molecule has 0 fully saturated rings. The van der Waals surface area contributed by atoms with Gasteiger partial charge in [0.15, 0.2) is 0 Å². The summed E-state index contributed by atoms with van der Waals surface area (Å²) in [4.78, 5) is 28.6. The molecule has 0 atom stereocenters. The molecule has 1 aliphatic rings. The molecule has 0 aromatic heterocycles. The lowest BCUT2D eigenvalue weighted by Gasteiger charge is -2.12. The number of hydrogen-bond donors (Lipinski definition) is 3. The number of sulfonamides is 1. The van der Waals surface area contributed by atoms with Crippen LogP contribution in [0.3, 0.4) is 0 Å². The predicted octanol–water partition coefficient (Wildman–Crippen LogP) is 3.55. The van der Waals surface area contributed by atoms with Crippen LogP contribution in [-0.2, 0) is 19.6 Å². The largest absolute Gasteiger partial charge is 0.462 e. The maximum Gasteiger partial charge on any atom is 0.338 e. The van der Waals surface area contributed by atoms with E-state index in [9.17, 15) is 18.0 Å². The topological polar surface area (TPSA) is 126 Å². The molecule has 10 heteroatoms. The zero-order valence-electron chi connectivity index (χ0n) is 19.2. The fourth-order valence-corrected chi connectivity index (χ4v) is 4.44. The lowest BCUT2D eigenvalue weighted by molar-refractivity contribution is -0.114. The van der Waals surface area contributed by atoms with Gasteiger partial charge in [0.2, 0.25) is 5.91 Å². The first-order valence-electron chi connectivity index (χ1n) is 11.3. The van der Waals surface area contributed by atoms with E-state index in [4.69, 9.17) is 4.74 Å². The standard InChI is InChI=1S/C24H30N4O5S/c1-2-15-33-24(30)18-10-12-19(13-11-18)26-17-23(29)27-20-7-6-8-21(16-20)34(31,32)28-22-9-4-3-5-14-25-22/h6-8,10-13,16,26H,2-5,9,14-15,17H2,1H3,(H,25,28)(H,27,29). The molecule has 3 N–H and O–H groups in total. The molecule has 0 spiro atoms. The highest BCUT2D eigenvalue weighted by Gasteiger charge is 2.18. The molecule has 9 nitrogen and oxygen atoms in total. The number of esters is 1. The number of aliphatic imine (C=N–C) groups is 1. The van der Waals surface area contributed by atoms with Gasteiger partial charge in [-0.05, 0) is 61.7 Å². The van der Waals surface area contributed by atoms with E-state index in [1.54, 1.807) is 36.4 Å². The van der Waals surface area contributed by atoms with Gasteiger partial charge >= 0.3 is 5.97 Å². The average Bonchev–Trinajstić information content (AvgIpc) is 3.10. The molecule has 0 unspecified atom stereocenters. The van der Waals surface area contributed by atoms with Crippen molar-refractivity contribution in [2.75, 3.05) is 30.3 Å². The summed E-state index contributed by atoms with van der Waals surface area (Å²) in [6, 6.07) is 12.7. The Bertz CT molecular complexity index is 1130.